The van der Waals surface area contributed by atoms with E-state index in [1.165, 1.54) is 19.2 Å². The largest absolute Gasteiger partial charge is 0.497 e. The lowest BCUT2D eigenvalue weighted by molar-refractivity contribution is -0.384. The van der Waals surface area contributed by atoms with Crippen LogP contribution in [0.1, 0.15) is 10.4 Å². The van der Waals surface area contributed by atoms with Gasteiger partial charge in [0.25, 0.3) is 11.6 Å². The zero-order valence-corrected chi connectivity index (χ0v) is 11.0. The lowest BCUT2D eigenvalue weighted by Crippen LogP contribution is -2.13. The fraction of sp³-hybridized carbons (Fsp3) is 0.0714. The van der Waals surface area contributed by atoms with E-state index in [1.54, 1.807) is 12.1 Å². The average Bonchev–Trinajstić information content (AvgIpc) is 2.49. The highest BCUT2D eigenvalue weighted by atomic mass is 19.1. The first-order chi connectivity index (χ1) is 10.0. The number of hydrogen-bond acceptors (Lipinski definition) is 4. The van der Waals surface area contributed by atoms with Gasteiger partial charge >= 0.3 is 0 Å². The van der Waals surface area contributed by atoms with Crippen molar-refractivity contribution in [2.75, 3.05) is 12.4 Å². The molecule has 108 valence electrons. The van der Waals surface area contributed by atoms with Gasteiger partial charge in [0.15, 0.2) is 0 Å². The van der Waals surface area contributed by atoms with Gasteiger partial charge < -0.3 is 10.1 Å². The second-order valence-electron chi connectivity index (χ2n) is 4.10. The molecule has 0 bridgehead atoms. The third kappa shape index (κ3) is 3.33. The summed E-state index contributed by atoms with van der Waals surface area (Å²) in [6.45, 7) is 0. The monoisotopic (exact) mass is 290 g/mol. The van der Waals surface area contributed by atoms with Gasteiger partial charge in [-0.3, -0.25) is 14.9 Å². The molecule has 2 rings (SSSR count). The third-order valence-electron chi connectivity index (χ3n) is 2.76. The number of nitrogens with one attached hydrogen (secondary N) is 1. The number of ether oxygens (including phenoxy) is 1. The van der Waals surface area contributed by atoms with Crippen molar-refractivity contribution in [1.29, 1.82) is 0 Å². The molecule has 2 aromatic carbocycles. The Morgan fingerprint density at radius 1 is 1.24 bits per heavy atom. The van der Waals surface area contributed by atoms with Crippen molar-refractivity contribution in [3.63, 3.8) is 0 Å². The number of carbonyl (C=O) groups is 1. The molecular weight excluding hydrogens is 279 g/mol. The van der Waals surface area contributed by atoms with Crippen LogP contribution in [0, 0.1) is 15.9 Å². The van der Waals surface area contributed by atoms with Crippen molar-refractivity contribution in [1.82, 2.24) is 0 Å². The van der Waals surface area contributed by atoms with E-state index in [2.05, 4.69) is 5.32 Å². The van der Waals surface area contributed by atoms with Gasteiger partial charge in [0, 0.05) is 5.56 Å². The molecule has 0 spiro atoms. The molecule has 0 heterocycles. The van der Waals surface area contributed by atoms with Crippen molar-refractivity contribution < 1.29 is 18.8 Å². The summed E-state index contributed by atoms with van der Waals surface area (Å²) < 4.78 is 18.0. The highest BCUT2D eigenvalue weighted by molar-refractivity contribution is 6.05. The second-order valence-corrected chi connectivity index (χ2v) is 4.10. The van der Waals surface area contributed by atoms with Gasteiger partial charge in [-0.25, -0.2) is 4.39 Å². The first-order valence-electron chi connectivity index (χ1n) is 5.90. The number of hydrogen-bond donors (Lipinski definition) is 1. The van der Waals surface area contributed by atoms with E-state index >= 15 is 0 Å². The van der Waals surface area contributed by atoms with Crippen LogP contribution in [0.25, 0.3) is 0 Å². The van der Waals surface area contributed by atoms with E-state index < -0.39 is 22.3 Å². The first kappa shape index (κ1) is 14.4. The Kier molecular flexibility index (Phi) is 4.13. The van der Waals surface area contributed by atoms with Crippen LogP contribution in [-0.2, 0) is 0 Å². The minimum Gasteiger partial charge on any atom is -0.497 e. The Bertz CT molecular complexity index is 686. The van der Waals surface area contributed by atoms with Gasteiger partial charge in [-0.05, 0) is 36.4 Å². The summed E-state index contributed by atoms with van der Waals surface area (Å²) in [4.78, 5) is 22.1. The zero-order valence-electron chi connectivity index (χ0n) is 11.0. The lowest BCUT2D eigenvalue weighted by Gasteiger charge is -2.07. The highest BCUT2D eigenvalue weighted by Crippen LogP contribution is 2.25. The number of carbonyl (C=O) groups excluding carboxylic acids is 1. The highest BCUT2D eigenvalue weighted by Gasteiger charge is 2.17. The molecule has 0 aromatic heterocycles. The van der Waals surface area contributed by atoms with Gasteiger partial charge in [-0.15, -0.1) is 0 Å². The molecule has 0 atom stereocenters. The molecule has 0 aliphatic carbocycles. The fourth-order valence-corrected chi connectivity index (χ4v) is 1.70. The number of rotatable bonds is 4. The van der Waals surface area contributed by atoms with Gasteiger partial charge in [0.1, 0.15) is 17.3 Å². The van der Waals surface area contributed by atoms with Gasteiger partial charge in [0.05, 0.1) is 18.1 Å². The predicted octanol–water partition coefficient (Wildman–Crippen LogP) is 2.99. The van der Waals surface area contributed by atoms with Gasteiger partial charge in [-0.2, -0.15) is 0 Å². The topological polar surface area (TPSA) is 81.5 Å². The molecule has 6 nitrogen and oxygen atoms in total. The third-order valence-corrected chi connectivity index (χ3v) is 2.76. The lowest BCUT2D eigenvalue weighted by atomic mass is 10.2. The Labute approximate surface area is 119 Å². The van der Waals surface area contributed by atoms with Crippen molar-refractivity contribution >= 4 is 17.3 Å². The molecule has 1 amide bonds. The number of benzene rings is 2. The number of methoxy groups -OCH3 is 1. The maximum atomic E-state index is 13.0. The number of anilines is 1. The molecule has 0 fully saturated rings. The van der Waals surface area contributed by atoms with Gasteiger partial charge in [-0.1, -0.05) is 0 Å². The van der Waals surface area contributed by atoms with Crippen molar-refractivity contribution in [2.24, 2.45) is 0 Å². The summed E-state index contributed by atoms with van der Waals surface area (Å²) in [5.41, 5.74) is -0.270. The van der Waals surface area contributed by atoms with Crippen LogP contribution in [0.4, 0.5) is 15.8 Å². The Morgan fingerprint density at radius 2 is 1.90 bits per heavy atom. The van der Waals surface area contributed by atoms with Crippen molar-refractivity contribution in [3.05, 3.63) is 64.0 Å². The van der Waals surface area contributed by atoms with Crippen LogP contribution in [-0.4, -0.2) is 17.9 Å². The maximum Gasteiger partial charge on any atom is 0.295 e. The number of nitro benzene ring substituents is 1. The minimum atomic E-state index is -0.757. The SMILES string of the molecule is COc1ccc(C(=O)Nc2ccc(F)cc2[N+](=O)[O-])cc1. The molecule has 0 aliphatic rings. The quantitative estimate of drug-likeness (QED) is 0.693. The molecule has 0 unspecified atom stereocenters. The number of nitrogens with zero attached hydrogens (tertiary/aromatic N) is 1. The summed E-state index contributed by atoms with van der Waals surface area (Å²) in [5, 5.41) is 13.2. The Balaban J connectivity index is 2.24. The summed E-state index contributed by atoms with van der Waals surface area (Å²) >= 11 is 0. The minimum absolute atomic E-state index is 0.0674. The summed E-state index contributed by atoms with van der Waals surface area (Å²) in [7, 11) is 1.50. The Hall–Kier alpha value is -2.96. The van der Waals surface area contributed by atoms with Crippen molar-refractivity contribution in [3.8, 4) is 5.75 Å². The molecule has 7 heteroatoms. The average molecular weight is 290 g/mol. The van der Waals surface area contributed by atoms with Gasteiger partial charge in [0.2, 0.25) is 0 Å². The molecular formula is C14H11FN2O4. The predicted molar refractivity (Wildman–Crippen MR) is 74.0 cm³/mol. The molecule has 0 aliphatic heterocycles. The van der Waals surface area contributed by atoms with Crippen LogP contribution in [0.2, 0.25) is 0 Å². The maximum absolute atomic E-state index is 13.0. The molecule has 0 radical (unpaired) electrons. The van der Waals surface area contributed by atoms with E-state index in [0.29, 0.717) is 11.3 Å². The van der Waals surface area contributed by atoms with E-state index in [0.717, 1.165) is 18.2 Å². The Morgan fingerprint density at radius 3 is 2.48 bits per heavy atom. The summed E-state index contributed by atoms with van der Waals surface area (Å²) in [5.74, 6) is -0.698. The first-order valence-corrected chi connectivity index (χ1v) is 5.90. The number of amides is 1. The molecule has 2 aromatic rings. The summed E-state index contributed by atoms with van der Waals surface area (Å²) in [6, 6.07) is 9.16. The van der Waals surface area contributed by atoms with Crippen LogP contribution < -0.4 is 10.1 Å². The van der Waals surface area contributed by atoms with E-state index in [4.69, 9.17) is 4.74 Å². The van der Waals surface area contributed by atoms with Crippen LogP contribution in [0.15, 0.2) is 42.5 Å². The van der Waals surface area contributed by atoms with Crippen LogP contribution in [0.3, 0.4) is 0 Å². The standard InChI is InChI=1S/C14H11FN2O4/c1-21-11-5-2-9(3-6-11)14(18)16-12-7-4-10(15)8-13(12)17(19)20/h2-8H,1H3,(H,16,18). The van der Waals surface area contributed by atoms with Crippen molar-refractivity contribution in [2.45, 2.75) is 0 Å². The fourth-order valence-electron chi connectivity index (χ4n) is 1.70. The zero-order chi connectivity index (χ0) is 15.4. The second kappa shape index (κ2) is 6.00. The van der Waals surface area contributed by atoms with Crippen LogP contribution >= 0.6 is 0 Å². The molecule has 21 heavy (non-hydrogen) atoms. The van der Waals surface area contributed by atoms with Crippen LogP contribution in [0.5, 0.6) is 5.75 Å². The molecule has 1 N–H and O–H groups in total. The normalized spacial score (nSPS) is 10.0. The van der Waals surface area contributed by atoms with E-state index in [9.17, 15) is 19.3 Å². The molecule has 0 saturated heterocycles. The summed E-state index contributed by atoms with van der Waals surface area (Å²) in [6.07, 6.45) is 0. The van der Waals surface area contributed by atoms with E-state index in [-0.39, 0.29) is 5.69 Å². The smallest absolute Gasteiger partial charge is 0.295 e. The molecule has 0 saturated carbocycles. The number of nitro groups is 1. The van der Waals surface area contributed by atoms with E-state index in [1.807, 2.05) is 0 Å². The number of halogens is 1.